The predicted molar refractivity (Wildman–Crippen MR) is 199 cm³/mol. The van der Waals surface area contributed by atoms with E-state index < -0.39 is 23.3 Å². The molecule has 1 unspecified atom stereocenters. The second-order valence-electron chi connectivity index (χ2n) is 12.6. The van der Waals surface area contributed by atoms with Crippen LogP contribution in [0.15, 0.2) is 102 Å². The number of carbonyl (C=O) groups excluding carboxylic acids is 2. The number of benzene rings is 4. The molecule has 0 aliphatic carbocycles. The molecular weight excluding hydrogens is 733 g/mol. The highest BCUT2D eigenvalue weighted by atomic mass is 127. The van der Waals surface area contributed by atoms with E-state index in [1.54, 1.807) is 62.9 Å². The molecular formula is C39H38IN3O6. The van der Waals surface area contributed by atoms with Crippen LogP contribution >= 0.6 is 22.6 Å². The number of nitrogens with zero attached hydrogens (tertiary/aromatic N) is 1. The van der Waals surface area contributed by atoms with Crippen LogP contribution in [0.1, 0.15) is 41.7 Å². The van der Waals surface area contributed by atoms with Crippen molar-refractivity contribution in [1.82, 2.24) is 9.88 Å². The number of fused-ring (bicyclic) bond motifs is 1. The van der Waals surface area contributed by atoms with Crippen molar-refractivity contribution in [2.45, 2.75) is 51.6 Å². The Morgan fingerprint density at radius 2 is 1.53 bits per heavy atom. The van der Waals surface area contributed by atoms with Crippen LogP contribution in [-0.2, 0) is 39.2 Å². The molecule has 2 amide bonds. The van der Waals surface area contributed by atoms with Gasteiger partial charge in [0.25, 0.3) is 5.56 Å². The van der Waals surface area contributed by atoms with Gasteiger partial charge in [-0.1, -0.05) is 78.9 Å². The van der Waals surface area contributed by atoms with Crippen molar-refractivity contribution in [3.05, 3.63) is 139 Å². The Morgan fingerprint density at radius 3 is 2.18 bits per heavy atom. The number of rotatable bonds is 12. The molecule has 0 spiro atoms. The average molecular weight is 772 g/mol. The minimum absolute atomic E-state index is 0.0529. The van der Waals surface area contributed by atoms with Gasteiger partial charge in [-0.2, -0.15) is 0 Å². The van der Waals surface area contributed by atoms with Crippen molar-refractivity contribution in [3.8, 4) is 5.75 Å². The number of carbonyl (C=O) groups is 3. The van der Waals surface area contributed by atoms with Gasteiger partial charge in [-0.25, -0.2) is 0 Å². The SMILES string of the molecule is COc1ccc(Cn2cc(I)c(C)c(NC(=O)C(Cc3ccc(C(C)(C)C(=O)O)cc3)NC(=O)Cc3ccc4ccccc4c3)c2=O)cc1. The van der Waals surface area contributed by atoms with Crippen LogP contribution in [0.4, 0.5) is 5.69 Å². The lowest BCUT2D eigenvalue weighted by Gasteiger charge is -2.22. The van der Waals surface area contributed by atoms with Crippen LogP contribution in [-0.4, -0.2) is 40.6 Å². The zero-order valence-electron chi connectivity index (χ0n) is 27.7. The van der Waals surface area contributed by atoms with Crippen LogP contribution in [0.25, 0.3) is 10.8 Å². The van der Waals surface area contributed by atoms with Crippen molar-refractivity contribution < 1.29 is 24.2 Å². The van der Waals surface area contributed by atoms with Gasteiger partial charge in [0.1, 0.15) is 17.5 Å². The molecule has 0 saturated heterocycles. The molecule has 9 nitrogen and oxygen atoms in total. The molecule has 252 valence electrons. The van der Waals surface area contributed by atoms with Gasteiger partial charge in [-0.05, 0) is 94.1 Å². The van der Waals surface area contributed by atoms with E-state index in [1.165, 1.54) is 0 Å². The summed E-state index contributed by atoms with van der Waals surface area (Å²) >= 11 is 2.14. The van der Waals surface area contributed by atoms with Crippen LogP contribution in [0.3, 0.4) is 0 Å². The van der Waals surface area contributed by atoms with Crippen molar-refractivity contribution in [2.24, 2.45) is 0 Å². The third-order valence-corrected chi connectivity index (χ3v) is 9.81. The molecule has 5 aromatic rings. The summed E-state index contributed by atoms with van der Waals surface area (Å²) in [6.45, 7) is 5.30. The minimum atomic E-state index is -1.10. The zero-order chi connectivity index (χ0) is 35.3. The summed E-state index contributed by atoms with van der Waals surface area (Å²) in [5.41, 5.74) is 2.28. The molecule has 1 heterocycles. The Kier molecular flexibility index (Phi) is 10.9. The summed E-state index contributed by atoms with van der Waals surface area (Å²) in [6.07, 6.45) is 1.92. The summed E-state index contributed by atoms with van der Waals surface area (Å²) in [5, 5.41) is 17.5. The van der Waals surface area contributed by atoms with E-state index in [2.05, 4.69) is 33.2 Å². The maximum absolute atomic E-state index is 14.0. The molecule has 5 rings (SSSR count). The molecule has 0 aliphatic heterocycles. The number of hydrogen-bond acceptors (Lipinski definition) is 5. The topological polar surface area (TPSA) is 127 Å². The fourth-order valence-corrected chi connectivity index (χ4v) is 6.13. The van der Waals surface area contributed by atoms with Gasteiger partial charge in [-0.15, -0.1) is 0 Å². The molecule has 10 heteroatoms. The van der Waals surface area contributed by atoms with Gasteiger partial charge in [0.2, 0.25) is 11.8 Å². The third-order valence-electron chi connectivity index (χ3n) is 8.72. The summed E-state index contributed by atoms with van der Waals surface area (Å²) < 4.78 is 7.57. The number of ether oxygens (including phenoxy) is 1. The Balaban J connectivity index is 1.41. The fourth-order valence-electron chi connectivity index (χ4n) is 5.52. The number of methoxy groups -OCH3 is 1. The van der Waals surface area contributed by atoms with Crippen LogP contribution in [0, 0.1) is 10.5 Å². The van der Waals surface area contributed by atoms with Crippen molar-refractivity contribution in [2.75, 3.05) is 12.4 Å². The molecule has 49 heavy (non-hydrogen) atoms. The first-order valence-electron chi connectivity index (χ1n) is 15.8. The number of aliphatic carboxylic acids is 1. The van der Waals surface area contributed by atoms with Crippen LogP contribution < -0.4 is 20.9 Å². The van der Waals surface area contributed by atoms with Crippen molar-refractivity contribution >= 4 is 56.8 Å². The summed E-state index contributed by atoms with van der Waals surface area (Å²) in [4.78, 5) is 52.9. The van der Waals surface area contributed by atoms with Crippen LogP contribution in [0.5, 0.6) is 5.75 Å². The Morgan fingerprint density at radius 1 is 0.898 bits per heavy atom. The van der Waals surface area contributed by atoms with E-state index in [0.717, 1.165) is 25.5 Å². The van der Waals surface area contributed by atoms with Gasteiger partial charge in [0, 0.05) is 16.2 Å². The Hall–Kier alpha value is -4.97. The van der Waals surface area contributed by atoms with E-state index in [0.29, 0.717) is 22.4 Å². The average Bonchev–Trinajstić information content (AvgIpc) is 3.09. The monoisotopic (exact) mass is 771 g/mol. The van der Waals surface area contributed by atoms with E-state index in [9.17, 15) is 24.3 Å². The third kappa shape index (κ3) is 8.37. The number of nitrogens with one attached hydrogen (secondary N) is 2. The molecule has 4 aromatic carbocycles. The molecule has 0 fully saturated rings. The number of carboxylic acid groups (broad SMARTS) is 1. The second-order valence-corrected chi connectivity index (χ2v) is 13.7. The standard InChI is InChI=1S/C39H38IN3O6/c1-24-32(40)23-43(22-26-12-17-31(49-4)18-13-26)37(46)35(24)42-36(45)33(20-25-10-15-30(16-11-25)39(2,3)38(47)48)41-34(44)21-27-9-14-28-7-5-6-8-29(28)19-27/h5-19,23,33H,20-22H2,1-4H3,(H,41,44)(H,42,45)(H,47,48). The van der Waals surface area contributed by atoms with Gasteiger partial charge >= 0.3 is 5.97 Å². The van der Waals surface area contributed by atoms with Gasteiger partial charge in [0.15, 0.2) is 0 Å². The lowest BCUT2D eigenvalue weighted by Crippen LogP contribution is -2.46. The Bertz CT molecular complexity index is 2070. The molecule has 0 radical (unpaired) electrons. The molecule has 0 bridgehead atoms. The predicted octanol–water partition coefficient (Wildman–Crippen LogP) is 6.24. The quantitative estimate of drug-likeness (QED) is 0.129. The maximum Gasteiger partial charge on any atom is 0.313 e. The zero-order valence-corrected chi connectivity index (χ0v) is 29.9. The van der Waals surface area contributed by atoms with Gasteiger partial charge in [0.05, 0.1) is 25.5 Å². The fraction of sp³-hybridized carbons (Fsp3) is 0.231. The van der Waals surface area contributed by atoms with E-state index in [4.69, 9.17) is 4.74 Å². The lowest BCUT2D eigenvalue weighted by atomic mass is 9.84. The number of carboxylic acids is 1. The first-order valence-corrected chi connectivity index (χ1v) is 16.9. The summed E-state index contributed by atoms with van der Waals surface area (Å²) in [7, 11) is 1.59. The van der Waals surface area contributed by atoms with Crippen LogP contribution in [0.2, 0.25) is 0 Å². The summed E-state index contributed by atoms with van der Waals surface area (Å²) in [5.74, 6) is -1.14. The van der Waals surface area contributed by atoms with Gasteiger partial charge in [-0.3, -0.25) is 19.2 Å². The smallest absolute Gasteiger partial charge is 0.313 e. The highest BCUT2D eigenvalue weighted by molar-refractivity contribution is 14.1. The highest BCUT2D eigenvalue weighted by Gasteiger charge is 2.30. The Labute approximate surface area is 298 Å². The number of aromatic nitrogens is 1. The summed E-state index contributed by atoms with van der Waals surface area (Å²) in [6, 6.07) is 27.0. The molecule has 0 aliphatic rings. The number of halogens is 1. The van der Waals surface area contributed by atoms with Crippen molar-refractivity contribution in [3.63, 3.8) is 0 Å². The minimum Gasteiger partial charge on any atom is -0.497 e. The molecule has 3 N–H and O–H groups in total. The second kappa shape index (κ2) is 15.1. The molecule has 1 atom stereocenters. The first-order chi connectivity index (χ1) is 23.3. The number of pyridine rings is 1. The first kappa shape index (κ1) is 35.3. The number of hydrogen-bond donors (Lipinski definition) is 3. The van der Waals surface area contributed by atoms with E-state index in [1.807, 2.05) is 66.7 Å². The number of amides is 2. The normalized spacial score (nSPS) is 11.9. The van der Waals surface area contributed by atoms with Crippen molar-refractivity contribution in [1.29, 1.82) is 0 Å². The van der Waals surface area contributed by atoms with E-state index >= 15 is 0 Å². The lowest BCUT2D eigenvalue weighted by molar-refractivity contribution is -0.142. The molecule has 0 saturated carbocycles. The molecule has 1 aromatic heterocycles. The maximum atomic E-state index is 14.0. The van der Waals surface area contributed by atoms with Gasteiger partial charge < -0.3 is 25.0 Å². The number of anilines is 1. The highest BCUT2D eigenvalue weighted by Crippen LogP contribution is 2.25. The van der Waals surface area contributed by atoms with E-state index in [-0.39, 0.29) is 36.5 Å². The largest absolute Gasteiger partial charge is 0.497 e.